The molecule has 27 heavy (non-hydrogen) atoms. The van der Waals surface area contributed by atoms with Crippen molar-refractivity contribution in [2.24, 2.45) is 0 Å². The highest BCUT2D eigenvalue weighted by Gasteiger charge is 2.28. The van der Waals surface area contributed by atoms with Crippen LogP contribution in [0.15, 0.2) is 54.6 Å². The number of para-hydroxylation sites is 1. The predicted molar refractivity (Wildman–Crippen MR) is 103 cm³/mol. The summed E-state index contributed by atoms with van der Waals surface area (Å²) < 4.78 is 5.86. The van der Waals surface area contributed by atoms with Crippen LogP contribution in [0.3, 0.4) is 0 Å². The molecule has 1 fully saturated rings. The Morgan fingerprint density at radius 1 is 1.07 bits per heavy atom. The summed E-state index contributed by atoms with van der Waals surface area (Å²) in [5.74, 6) is 0.701. The van der Waals surface area contributed by atoms with Crippen molar-refractivity contribution < 1.29 is 14.5 Å². The van der Waals surface area contributed by atoms with E-state index in [2.05, 4.69) is 4.90 Å². The van der Waals surface area contributed by atoms with E-state index in [1.165, 1.54) is 12.1 Å². The topological polar surface area (TPSA) is 75.9 Å². The summed E-state index contributed by atoms with van der Waals surface area (Å²) in [6, 6.07) is 15.9. The Labute approximate surface area is 158 Å². The summed E-state index contributed by atoms with van der Waals surface area (Å²) in [4.78, 5) is 27.1. The van der Waals surface area contributed by atoms with Crippen molar-refractivity contribution in [1.29, 1.82) is 0 Å². The van der Waals surface area contributed by atoms with Crippen LogP contribution >= 0.6 is 0 Å². The van der Waals surface area contributed by atoms with E-state index in [1.54, 1.807) is 12.1 Å². The molecule has 1 heterocycles. The molecule has 0 saturated carbocycles. The zero-order chi connectivity index (χ0) is 19.2. The molecule has 1 saturated heterocycles. The fraction of sp³-hybridized carbons (Fsp3) is 0.350. The highest BCUT2D eigenvalue weighted by molar-refractivity contribution is 5.81. The van der Waals surface area contributed by atoms with Crippen molar-refractivity contribution >= 4 is 17.3 Å². The molecule has 1 atom stereocenters. The molecule has 2 aromatic carbocycles. The number of hydrogen-bond acceptors (Lipinski definition) is 5. The van der Waals surface area contributed by atoms with Gasteiger partial charge in [0.1, 0.15) is 5.75 Å². The van der Waals surface area contributed by atoms with Crippen LogP contribution in [0.25, 0.3) is 0 Å². The van der Waals surface area contributed by atoms with E-state index in [-0.39, 0.29) is 11.6 Å². The minimum atomic E-state index is -0.488. The number of nitrogens with zero attached hydrogens (tertiary/aromatic N) is 3. The summed E-state index contributed by atoms with van der Waals surface area (Å²) in [5, 5.41) is 10.8. The summed E-state index contributed by atoms with van der Waals surface area (Å²) in [5.41, 5.74) is 1.01. The van der Waals surface area contributed by atoms with Crippen molar-refractivity contribution in [1.82, 2.24) is 4.90 Å². The maximum Gasteiger partial charge on any atom is 0.269 e. The number of nitro benzene ring substituents is 1. The first-order chi connectivity index (χ1) is 13.1. The van der Waals surface area contributed by atoms with Gasteiger partial charge in [0.05, 0.1) is 4.92 Å². The van der Waals surface area contributed by atoms with Gasteiger partial charge in [-0.15, -0.1) is 0 Å². The molecule has 0 unspecified atom stereocenters. The molecule has 0 N–H and O–H groups in total. The summed E-state index contributed by atoms with van der Waals surface area (Å²) in [6.07, 6.45) is 0.120. The summed E-state index contributed by atoms with van der Waals surface area (Å²) in [6.45, 7) is 4.52. The van der Waals surface area contributed by atoms with Gasteiger partial charge in [0.2, 0.25) is 0 Å². The van der Waals surface area contributed by atoms with Gasteiger partial charge in [0.15, 0.2) is 6.10 Å². The molecule has 0 aliphatic carbocycles. The van der Waals surface area contributed by atoms with Gasteiger partial charge in [0, 0.05) is 44.0 Å². The van der Waals surface area contributed by atoms with E-state index < -0.39 is 11.0 Å². The third kappa shape index (κ3) is 4.55. The lowest BCUT2D eigenvalue weighted by Gasteiger charge is -2.37. The number of carbonyl (C=O) groups excluding carboxylic acids is 1. The molecular formula is C20H23N3O4. The van der Waals surface area contributed by atoms with Gasteiger partial charge in [-0.1, -0.05) is 25.1 Å². The Morgan fingerprint density at radius 2 is 1.70 bits per heavy atom. The number of rotatable bonds is 6. The zero-order valence-corrected chi connectivity index (χ0v) is 15.3. The van der Waals surface area contributed by atoms with Crippen molar-refractivity contribution in [2.45, 2.75) is 19.4 Å². The van der Waals surface area contributed by atoms with E-state index in [0.717, 1.165) is 5.69 Å². The Bertz CT molecular complexity index is 772. The second-order valence-electron chi connectivity index (χ2n) is 6.41. The van der Waals surface area contributed by atoms with Crippen molar-refractivity contribution in [3.63, 3.8) is 0 Å². The lowest BCUT2D eigenvalue weighted by atomic mass is 10.2. The maximum absolute atomic E-state index is 12.8. The second-order valence-corrected chi connectivity index (χ2v) is 6.41. The highest BCUT2D eigenvalue weighted by atomic mass is 16.6. The molecule has 0 aromatic heterocycles. The van der Waals surface area contributed by atoms with Crippen molar-refractivity contribution in [2.75, 3.05) is 31.1 Å². The first-order valence-electron chi connectivity index (χ1n) is 9.08. The Morgan fingerprint density at radius 3 is 2.26 bits per heavy atom. The monoisotopic (exact) mass is 369 g/mol. The average molecular weight is 369 g/mol. The third-order valence-corrected chi connectivity index (χ3v) is 4.68. The first-order valence-corrected chi connectivity index (χ1v) is 9.08. The molecule has 1 aliphatic rings. The molecule has 0 spiro atoms. The van der Waals surface area contributed by atoms with E-state index in [9.17, 15) is 14.9 Å². The van der Waals surface area contributed by atoms with Gasteiger partial charge in [0.25, 0.3) is 11.6 Å². The van der Waals surface area contributed by atoms with Gasteiger partial charge in [-0.05, 0) is 30.7 Å². The summed E-state index contributed by atoms with van der Waals surface area (Å²) >= 11 is 0. The van der Waals surface area contributed by atoms with Crippen LogP contribution < -0.4 is 9.64 Å². The van der Waals surface area contributed by atoms with Crippen LogP contribution in [0.5, 0.6) is 5.75 Å². The minimum absolute atomic E-state index is 0.00435. The molecule has 7 nitrogen and oxygen atoms in total. The number of piperazine rings is 1. The largest absolute Gasteiger partial charge is 0.481 e. The minimum Gasteiger partial charge on any atom is -0.481 e. The molecule has 7 heteroatoms. The Kier molecular flexibility index (Phi) is 5.90. The van der Waals surface area contributed by atoms with Crippen molar-refractivity contribution in [3.8, 4) is 5.75 Å². The van der Waals surface area contributed by atoms with Crippen LogP contribution in [-0.2, 0) is 4.79 Å². The van der Waals surface area contributed by atoms with Gasteiger partial charge in [-0.2, -0.15) is 0 Å². The molecule has 3 rings (SSSR count). The number of non-ortho nitro benzene ring substituents is 1. The van der Waals surface area contributed by atoms with Crippen LogP contribution in [0.2, 0.25) is 0 Å². The maximum atomic E-state index is 12.8. The molecule has 142 valence electrons. The smallest absolute Gasteiger partial charge is 0.269 e. The zero-order valence-electron chi connectivity index (χ0n) is 15.3. The standard InChI is InChI=1S/C20H23N3O4/c1-2-19(27-18-6-4-3-5-7-18)20(24)22-14-12-21(13-15-22)16-8-10-17(11-9-16)23(25)26/h3-11,19H,2,12-15H2,1H3/t19-/m1/s1. The van der Waals surface area contributed by atoms with Crippen LogP contribution in [-0.4, -0.2) is 48.0 Å². The highest BCUT2D eigenvalue weighted by Crippen LogP contribution is 2.21. The first kappa shape index (κ1) is 18.7. The molecule has 1 amide bonds. The van der Waals surface area contributed by atoms with Gasteiger partial charge >= 0.3 is 0 Å². The van der Waals surface area contributed by atoms with E-state index in [0.29, 0.717) is 38.3 Å². The molecule has 2 aromatic rings. The Hall–Kier alpha value is -3.09. The van der Waals surface area contributed by atoms with Gasteiger partial charge in [-0.25, -0.2) is 0 Å². The third-order valence-electron chi connectivity index (χ3n) is 4.68. The molecular weight excluding hydrogens is 346 g/mol. The molecule has 0 radical (unpaired) electrons. The number of hydrogen-bond donors (Lipinski definition) is 0. The van der Waals surface area contributed by atoms with Gasteiger partial charge < -0.3 is 14.5 Å². The number of anilines is 1. The normalized spacial score (nSPS) is 15.3. The van der Waals surface area contributed by atoms with Crippen LogP contribution in [0.4, 0.5) is 11.4 Å². The second kappa shape index (κ2) is 8.53. The Balaban J connectivity index is 1.57. The van der Waals surface area contributed by atoms with E-state index in [4.69, 9.17) is 4.74 Å². The predicted octanol–water partition coefficient (Wildman–Crippen LogP) is 3.10. The van der Waals surface area contributed by atoms with E-state index >= 15 is 0 Å². The van der Waals surface area contributed by atoms with Crippen molar-refractivity contribution in [3.05, 3.63) is 64.7 Å². The van der Waals surface area contributed by atoms with Gasteiger partial charge in [-0.3, -0.25) is 14.9 Å². The van der Waals surface area contributed by atoms with Crippen LogP contribution in [0, 0.1) is 10.1 Å². The molecule has 1 aliphatic heterocycles. The number of amides is 1. The fourth-order valence-corrected chi connectivity index (χ4v) is 3.15. The SMILES string of the molecule is CC[C@@H](Oc1ccccc1)C(=O)N1CCN(c2ccc([N+](=O)[O-])cc2)CC1. The number of ether oxygens (including phenoxy) is 1. The fourth-order valence-electron chi connectivity index (χ4n) is 3.15. The summed E-state index contributed by atoms with van der Waals surface area (Å²) in [7, 11) is 0. The molecule has 0 bridgehead atoms. The van der Waals surface area contributed by atoms with Crippen LogP contribution in [0.1, 0.15) is 13.3 Å². The van der Waals surface area contributed by atoms with E-state index in [1.807, 2.05) is 42.2 Å². The lowest BCUT2D eigenvalue weighted by molar-refractivity contribution is -0.384. The lowest BCUT2D eigenvalue weighted by Crippen LogP contribution is -2.52. The average Bonchev–Trinajstić information content (AvgIpc) is 2.72. The number of carbonyl (C=O) groups is 1. The number of nitro groups is 1. The quantitative estimate of drug-likeness (QED) is 0.578. The number of benzene rings is 2.